The SMILES string of the molecule is COc1ccc(C(OC[C@H](CN2CCN(C)CC2)Oc2ccc(-c3c(-c4ccc(F)cc4)oc4ncnc(OC(Cc5cc(O[Si](C)(C)C(C)(C)C)ccc5OCc5ccnc(-c6ccccc6OC)n5)C(=O)O)c34)cc2Cl)(c2ccccc2)c2ccc(OC)cc2)cc1. The van der Waals surface area contributed by atoms with Gasteiger partial charge in [-0.15, -0.1) is 0 Å². The summed E-state index contributed by atoms with van der Waals surface area (Å²) >= 11 is 7.46. The first kappa shape index (κ1) is 66.1. The van der Waals surface area contributed by atoms with Gasteiger partial charge in [0.1, 0.15) is 76.1 Å². The number of nitrogens with zero attached hydrogens (tertiary/aromatic N) is 6. The summed E-state index contributed by atoms with van der Waals surface area (Å²) in [5.74, 6) is 2.20. The molecular formula is C74H76ClFN6O11Si. The van der Waals surface area contributed by atoms with Crippen LogP contribution in [0.4, 0.5) is 4.39 Å². The van der Waals surface area contributed by atoms with E-state index in [4.69, 9.17) is 58.6 Å². The number of piperazine rings is 1. The van der Waals surface area contributed by atoms with E-state index in [0.29, 0.717) is 80.4 Å². The summed E-state index contributed by atoms with van der Waals surface area (Å²) < 4.78 is 72.6. The van der Waals surface area contributed by atoms with Crippen LogP contribution in [-0.4, -0.2) is 129 Å². The fraction of sp³-hybridized carbons (Fsp3) is 0.284. The normalized spacial score (nSPS) is 13.9. The predicted molar refractivity (Wildman–Crippen MR) is 363 cm³/mol. The molecule has 1 unspecified atom stereocenters. The van der Waals surface area contributed by atoms with E-state index in [9.17, 15) is 14.3 Å². The van der Waals surface area contributed by atoms with Crippen molar-refractivity contribution >= 4 is 37.0 Å². The number of hydrogen-bond acceptors (Lipinski definition) is 16. The number of methoxy groups -OCH3 is 3. The fourth-order valence-electron chi connectivity index (χ4n) is 11.2. The summed E-state index contributed by atoms with van der Waals surface area (Å²) in [6, 6.07) is 51.7. The highest BCUT2D eigenvalue weighted by molar-refractivity contribution is 6.74. The number of carbonyl (C=O) groups is 1. The summed E-state index contributed by atoms with van der Waals surface area (Å²) in [5, 5.41) is 11.5. The highest BCUT2D eigenvalue weighted by Gasteiger charge is 2.41. The zero-order valence-electron chi connectivity index (χ0n) is 54.1. The number of ether oxygens (including phenoxy) is 7. The van der Waals surface area contributed by atoms with Crippen molar-refractivity contribution in [3.05, 3.63) is 221 Å². The van der Waals surface area contributed by atoms with Gasteiger partial charge in [0.05, 0.1) is 44.2 Å². The summed E-state index contributed by atoms with van der Waals surface area (Å²) in [5.41, 5.74) is 4.74. The van der Waals surface area contributed by atoms with Gasteiger partial charge in [-0.1, -0.05) is 105 Å². The van der Waals surface area contributed by atoms with Crippen LogP contribution in [0, 0.1) is 5.82 Å². The molecule has 486 valence electrons. The van der Waals surface area contributed by atoms with E-state index < -0.39 is 37.9 Å². The number of halogens is 2. The van der Waals surface area contributed by atoms with Crippen molar-refractivity contribution < 1.29 is 56.3 Å². The number of rotatable bonds is 26. The molecule has 0 amide bonds. The van der Waals surface area contributed by atoms with E-state index in [1.54, 1.807) is 70.0 Å². The second-order valence-electron chi connectivity index (χ2n) is 24.6. The van der Waals surface area contributed by atoms with Gasteiger partial charge in [0.2, 0.25) is 26.0 Å². The largest absolute Gasteiger partial charge is 0.543 e. The number of carboxylic acids is 1. The lowest BCUT2D eigenvalue weighted by Crippen LogP contribution is -2.49. The van der Waals surface area contributed by atoms with Crippen LogP contribution < -0.4 is 32.8 Å². The molecule has 17 nitrogen and oxygen atoms in total. The first-order valence-electron chi connectivity index (χ1n) is 31.0. The van der Waals surface area contributed by atoms with Gasteiger partial charge in [0, 0.05) is 62.0 Å². The highest BCUT2D eigenvalue weighted by Crippen LogP contribution is 2.47. The fourth-order valence-corrected chi connectivity index (χ4v) is 12.5. The molecule has 1 N–H and O–H groups in total. The lowest BCUT2D eigenvalue weighted by atomic mass is 9.80. The van der Waals surface area contributed by atoms with Crippen molar-refractivity contribution in [2.45, 2.75) is 69.7 Å². The molecule has 3 aromatic heterocycles. The minimum atomic E-state index is -2.40. The van der Waals surface area contributed by atoms with E-state index >= 15 is 0 Å². The van der Waals surface area contributed by atoms with Crippen molar-refractivity contribution in [1.29, 1.82) is 0 Å². The Morgan fingerprint density at radius 2 is 1.34 bits per heavy atom. The van der Waals surface area contributed by atoms with Crippen LogP contribution >= 0.6 is 11.6 Å². The summed E-state index contributed by atoms with van der Waals surface area (Å²) in [6.07, 6.45) is 0.544. The lowest BCUT2D eigenvalue weighted by Gasteiger charge is -2.39. The average Bonchev–Trinajstić information content (AvgIpc) is 1.38. The van der Waals surface area contributed by atoms with Crippen molar-refractivity contribution in [2.24, 2.45) is 0 Å². The number of carboxylic acid groups (broad SMARTS) is 1. The third-order valence-corrected chi connectivity index (χ3v) is 22.0. The summed E-state index contributed by atoms with van der Waals surface area (Å²) in [4.78, 5) is 36.8. The Morgan fingerprint density at radius 1 is 0.702 bits per heavy atom. The Morgan fingerprint density at radius 3 is 1.99 bits per heavy atom. The molecule has 2 atom stereocenters. The van der Waals surface area contributed by atoms with Crippen LogP contribution in [0.25, 0.3) is 44.9 Å². The Kier molecular flexibility index (Phi) is 20.3. The highest BCUT2D eigenvalue weighted by atomic mass is 35.5. The van der Waals surface area contributed by atoms with E-state index in [2.05, 4.69) is 77.8 Å². The van der Waals surface area contributed by atoms with Crippen LogP contribution in [0.15, 0.2) is 187 Å². The molecule has 11 rings (SSSR count). The monoisotopic (exact) mass is 1310 g/mol. The Bertz CT molecular complexity index is 4180. The molecule has 0 aliphatic carbocycles. The molecule has 0 spiro atoms. The minimum absolute atomic E-state index is 0.0109. The Labute approximate surface area is 553 Å². The van der Waals surface area contributed by atoms with E-state index in [1.165, 1.54) is 18.5 Å². The number of aliphatic carboxylic acids is 1. The number of para-hydroxylation sites is 1. The molecule has 10 aromatic rings. The van der Waals surface area contributed by atoms with Gasteiger partial charge in [0.25, 0.3) is 0 Å². The Balaban J connectivity index is 0.948. The third kappa shape index (κ3) is 14.8. The number of benzene rings is 7. The minimum Gasteiger partial charge on any atom is -0.543 e. The smallest absolute Gasteiger partial charge is 0.345 e. The van der Waals surface area contributed by atoms with Crippen LogP contribution in [0.2, 0.25) is 23.2 Å². The molecule has 0 bridgehead atoms. The van der Waals surface area contributed by atoms with Crippen molar-refractivity contribution in [3.63, 3.8) is 0 Å². The standard InChI is InChI=1S/C74H76ClFN6O11Si/c1-73(2,3)94(8,9)93-58-32-34-62(88-45-55-35-36-77-69(80-55)60-17-13-14-18-63(60)87-7)50(41-58)43-65(72(83)84)91-70-67-66(68(92-71(67)79-47-78-70)48-19-26-54(76)27-20-48)49-21-33-64(61(75)42-49)90-59(44-82-39-37-81(4)38-40-82)46-89-74(51-15-11-10-12-16-51,52-22-28-56(85-5)29-23-52)53-24-30-57(86-6)31-25-53/h10-36,41-42,47,59,65H,37-40,43-46H2,1-9H3,(H,83,84)/t59-,65?/m0/s1. The van der Waals surface area contributed by atoms with Crippen molar-refractivity contribution in [2.75, 3.05) is 67.7 Å². The van der Waals surface area contributed by atoms with Crippen molar-refractivity contribution in [3.8, 4) is 74.2 Å². The second-order valence-corrected chi connectivity index (χ2v) is 29.7. The van der Waals surface area contributed by atoms with Crippen LogP contribution in [0.3, 0.4) is 0 Å². The lowest BCUT2D eigenvalue weighted by molar-refractivity contribution is -0.145. The molecule has 1 saturated heterocycles. The van der Waals surface area contributed by atoms with Gasteiger partial charge >= 0.3 is 5.97 Å². The molecule has 7 aromatic carbocycles. The molecular weight excluding hydrogens is 1230 g/mol. The van der Waals surface area contributed by atoms with Gasteiger partial charge in [-0.05, 0) is 144 Å². The zero-order valence-corrected chi connectivity index (χ0v) is 55.9. The van der Waals surface area contributed by atoms with Gasteiger partial charge in [-0.25, -0.2) is 29.1 Å². The molecule has 0 radical (unpaired) electrons. The zero-order chi connectivity index (χ0) is 66.2. The summed E-state index contributed by atoms with van der Waals surface area (Å²) in [7, 11) is 4.59. The number of likely N-dealkylation sites (N-methyl/N-ethyl adjacent to an activating group) is 1. The van der Waals surface area contributed by atoms with Crippen LogP contribution in [-0.2, 0) is 28.2 Å². The molecule has 94 heavy (non-hydrogen) atoms. The van der Waals surface area contributed by atoms with E-state index in [0.717, 1.165) is 42.9 Å². The van der Waals surface area contributed by atoms with Gasteiger partial charge < -0.3 is 52.0 Å². The first-order chi connectivity index (χ1) is 45.3. The number of hydrogen-bond donors (Lipinski definition) is 1. The maximum atomic E-state index is 14.7. The molecule has 0 saturated carbocycles. The van der Waals surface area contributed by atoms with E-state index in [-0.39, 0.29) is 52.4 Å². The number of aromatic nitrogens is 4. The summed E-state index contributed by atoms with van der Waals surface area (Å²) in [6.45, 7) is 14.7. The van der Waals surface area contributed by atoms with Crippen molar-refractivity contribution in [1.82, 2.24) is 29.7 Å². The molecule has 1 fully saturated rings. The van der Waals surface area contributed by atoms with Crippen LogP contribution in [0.5, 0.6) is 40.4 Å². The number of fused-ring (bicyclic) bond motifs is 1. The predicted octanol–water partition coefficient (Wildman–Crippen LogP) is 14.9. The third-order valence-electron chi connectivity index (χ3n) is 17.4. The molecule has 4 heterocycles. The average molecular weight is 1310 g/mol. The van der Waals surface area contributed by atoms with Gasteiger partial charge in [0.15, 0.2) is 5.82 Å². The topological polar surface area (TPSA) is 182 Å². The Hall–Kier alpha value is -9.37. The number of furan rings is 1. The molecule has 1 aliphatic rings. The maximum Gasteiger partial charge on any atom is 0.345 e. The molecule has 1 aliphatic heterocycles. The molecule has 20 heteroatoms. The van der Waals surface area contributed by atoms with Crippen LogP contribution in [0.1, 0.15) is 48.7 Å². The maximum absolute atomic E-state index is 14.7. The van der Waals surface area contributed by atoms with Gasteiger partial charge in [-0.2, -0.15) is 0 Å². The quantitative estimate of drug-likeness (QED) is 0.0399. The second kappa shape index (κ2) is 28.9. The van der Waals surface area contributed by atoms with Gasteiger partial charge in [-0.3, -0.25) is 4.90 Å². The first-order valence-corrected chi connectivity index (χ1v) is 34.3. The van der Waals surface area contributed by atoms with E-state index in [1.807, 2.05) is 103 Å².